The fourth-order valence-electron chi connectivity index (χ4n) is 2.52. The highest BCUT2D eigenvalue weighted by molar-refractivity contribution is 8.19. The molecule has 0 atom stereocenters. The van der Waals surface area contributed by atoms with Crippen LogP contribution in [0, 0.1) is 0 Å². The first-order valence-electron chi connectivity index (χ1n) is 8.34. The molecule has 1 N–H and O–H groups in total. The number of hydrogen-bond acceptors (Lipinski definition) is 6. The van der Waals surface area contributed by atoms with Crippen LogP contribution in [0.1, 0.15) is 12.0 Å². The van der Waals surface area contributed by atoms with Crippen LogP contribution in [0.2, 0.25) is 0 Å². The predicted octanol–water partition coefficient (Wildman–Crippen LogP) is 3.79. The van der Waals surface area contributed by atoms with Crippen LogP contribution in [0.4, 0.5) is 10.5 Å². The van der Waals surface area contributed by atoms with E-state index in [0.29, 0.717) is 27.7 Å². The van der Waals surface area contributed by atoms with Crippen LogP contribution in [0.5, 0.6) is 11.5 Å². The number of amides is 2. The largest absolute Gasteiger partial charge is 0.497 e. The van der Waals surface area contributed by atoms with Crippen molar-refractivity contribution < 1.29 is 29.0 Å². The van der Waals surface area contributed by atoms with Gasteiger partial charge in [0.05, 0.1) is 30.7 Å². The molecule has 0 unspecified atom stereocenters. The normalized spacial score (nSPS) is 15.2. The predicted molar refractivity (Wildman–Crippen MR) is 106 cm³/mol. The van der Waals surface area contributed by atoms with Gasteiger partial charge < -0.3 is 14.6 Å². The van der Waals surface area contributed by atoms with Gasteiger partial charge in [-0.1, -0.05) is 12.1 Å². The number of carbonyl (C=O) groups excluding carboxylic acids is 2. The molecule has 7 nitrogen and oxygen atoms in total. The van der Waals surface area contributed by atoms with Gasteiger partial charge >= 0.3 is 5.97 Å². The number of ether oxygens (including phenoxy) is 2. The smallest absolute Gasteiger partial charge is 0.306 e. The Labute approximate surface area is 165 Å². The standard InChI is InChI=1S/C20H17NO6S/c1-26-15-7-5-14(6-8-15)21-19(24)17(28-20(21)25)12-13-3-2-4-16(11-13)27-10-9-18(22)23/h2-8,11-12H,9-10H2,1H3,(H,22,23)/b17-12+. The molecule has 1 fully saturated rings. The molecule has 0 aliphatic carbocycles. The Kier molecular flexibility index (Phi) is 6.00. The van der Waals surface area contributed by atoms with Crippen molar-refractivity contribution in [3.63, 3.8) is 0 Å². The highest BCUT2D eigenvalue weighted by Gasteiger charge is 2.36. The van der Waals surface area contributed by atoms with E-state index in [1.54, 1.807) is 54.6 Å². The summed E-state index contributed by atoms with van der Waals surface area (Å²) in [7, 11) is 1.54. The van der Waals surface area contributed by atoms with E-state index in [1.807, 2.05) is 0 Å². The van der Waals surface area contributed by atoms with Gasteiger partial charge in [0, 0.05) is 0 Å². The molecular weight excluding hydrogens is 382 g/mol. The maximum absolute atomic E-state index is 12.7. The van der Waals surface area contributed by atoms with Crippen molar-refractivity contribution >= 4 is 40.6 Å². The molecule has 0 spiro atoms. The molecule has 144 valence electrons. The molecule has 0 aromatic heterocycles. The molecule has 0 radical (unpaired) electrons. The van der Waals surface area contributed by atoms with Crippen LogP contribution in [0.15, 0.2) is 53.4 Å². The maximum Gasteiger partial charge on any atom is 0.306 e. The van der Waals surface area contributed by atoms with Crippen LogP contribution < -0.4 is 14.4 Å². The zero-order chi connectivity index (χ0) is 20.1. The summed E-state index contributed by atoms with van der Waals surface area (Å²) in [5.74, 6) is -0.226. The minimum atomic E-state index is -0.941. The minimum Gasteiger partial charge on any atom is -0.497 e. The van der Waals surface area contributed by atoms with Crippen molar-refractivity contribution in [1.82, 2.24) is 0 Å². The monoisotopic (exact) mass is 399 g/mol. The van der Waals surface area contributed by atoms with Crippen molar-refractivity contribution in [1.29, 1.82) is 0 Å². The summed E-state index contributed by atoms with van der Waals surface area (Å²) in [6.07, 6.45) is 1.50. The number of thioether (sulfide) groups is 1. The fourth-order valence-corrected chi connectivity index (χ4v) is 3.36. The SMILES string of the molecule is COc1ccc(N2C(=O)S/C(=C/c3cccc(OCCC(=O)O)c3)C2=O)cc1. The van der Waals surface area contributed by atoms with Gasteiger partial charge in [0.2, 0.25) is 0 Å². The molecule has 0 saturated carbocycles. The van der Waals surface area contributed by atoms with Crippen LogP contribution in [-0.4, -0.2) is 35.9 Å². The lowest BCUT2D eigenvalue weighted by Gasteiger charge is -2.12. The molecule has 28 heavy (non-hydrogen) atoms. The second-order valence-corrected chi connectivity index (χ2v) is 6.77. The first-order valence-corrected chi connectivity index (χ1v) is 9.16. The second-order valence-electron chi connectivity index (χ2n) is 5.78. The number of carboxylic acid groups (broad SMARTS) is 1. The first-order chi connectivity index (χ1) is 13.5. The number of aliphatic carboxylic acids is 1. The quantitative estimate of drug-likeness (QED) is 0.708. The van der Waals surface area contributed by atoms with Crippen LogP contribution in [-0.2, 0) is 9.59 Å². The molecule has 1 aliphatic heterocycles. The fraction of sp³-hybridized carbons (Fsp3) is 0.150. The average Bonchev–Trinajstić information content (AvgIpc) is 2.95. The summed E-state index contributed by atoms with van der Waals surface area (Å²) in [5, 5.41) is 8.29. The lowest BCUT2D eigenvalue weighted by molar-refractivity contribution is -0.137. The number of methoxy groups -OCH3 is 1. The summed E-state index contributed by atoms with van der Waals surface area (Å²) in [6.45, 7) is 0.0484. The summed E-state index contributed by atoms with van der Waals surface area (Å²) in [4.78, 5) is 37.0. The molecule has 8 heteroatoms. The van der Waals surface area contributed by atoms with Gasteiger partial charge in [0.1, 0.15) is 11.5 Å². The van der Waals surface area contributed by atoms with Gasteiger partial charge in [-0.3, -0.25) is 14.4 Å². The van der Waals surface area contributed by atoms with Gasteiger partial charge in [0.25, 0.3) is 11.1 Å². The Bertz CT molecular complexity index is 938. The van der Waals surface area contributed by atoms with E-state index < -0.39 is 11.9 Å². The third-order valence-electron chi connectivity index (χ3n) is 3.86. The summed E-state index contributed by atoms with van der Waals surface area (Å²) >= 11 is 0.858. The van der Waals surface area contributed by atoms with Crippen molar-refractivity contribution in [3.05, 3.63) is 59.0 Å². The molecule has 2 amide bonds. The number of benzene rings is 2. The Morgan fingerprint density at radius 3 is 2.57 bits per heavy atom. The zero-order valence-electron chi connectivity index (χ0n) is 15.0. The Hall–Kier alpha value is -3.26. The zero-order valence-corrected chi connectivity index (χ0v) is 15.8. The molecule has 3 rings (SSSR count). The molecule has 2 aromatic carbocycles. The molecule has 0 bridgehead atoms. The highest BCUT2D eigenvalue weighted by Crippen LogP contribution is 2.36. The van der Waals surface area contributed by atoms with Gasteiger partial charge in [-0.05, 0) is 59.8 Å². The minimum absolute atomic E-state index is 0.0484. The van der Waals surface area contributed by atoms with Gasteiger partial charge in [-0.2, -0.15) is 0 Å². The van der Waals surface area contributed by atoms with Gasteiger partial charge in [-0.15, -0.1) is 0 Å². The molecule has 1 saturated heterocycles. The number of carbonyl (C=O) groups is 3. The summed E-state index contributed by atoms with van der Waals surface area (Å²) in [5.41, 5.74) is 1.14. The Morgan fingerprint density at radius 2 is 1.89 bits per heavy atom. The number of anilines is 1. The Balaban J connectivity index is 1.76. The third kappa shape index (κ3) is 4.52. The van der Waals surface area contributed by atoms with E-state index in [9.17, 15) is 14.4 Å². The van der Waals surface area contributed by atoms with Crippen molar-refractivity contribution in [2.75, 3.05) is 18.6 Å². The summed E-state index contributed by atoms with van der Waals surface area (Å²) < 4.78 is 10.5. The number of carboxylic acids is 1. The van der Waals surface area contributed by atoms with Crippen molar-refractivity contribution in [2.24, 2.45) is 0 Å². The third-order valence-corrected chi connectivity index (χ3v) is 4.73. The van der Waals surface area contributed by atoms with E-state index >= 15 is 0 Å². The maximum atomic E-state index is 12.7. The summed E-state index contributed by atoms with van der Waals surface area (Å²) in [6, 6.07) is 13.5. The number of rotatable bonds is 7. The molecular formula is C20H17NO6S. The number of hydrogen-bond donors (Lipinski definition) is 1. The molecule has 2 aromatic rings. The van der Waals surface area contributed by atoms with Gasteiger partial charge in [-0.25, -0.2) is 4.90 Å². The highest BCUT2D eigenvalue weighted by atomic mass is 32.2. The van der Waals surface area contributed by atoms with Crippen molar-refractivity contribution in [2.45, 2.75) is 6.42 Å². The van der Waals surface area contributed by atoms with E-state index in [-0.39, 0.29) is 18.3 Å². The van der Waals surface area contributed by atoms with E-state index in [1.165, 1.54) is 7.11 Å². The topological polar surface area (TPSA) is 93.1 Å². The van der Waals surface area contributed by atoms with Crippen LogP contribution in [0.3, 0.4) is 0 Å². The molecule has 1 aliphatic rings. The van der Waals surface area contributed by atoms with E-state index in [2.05, 4.69) is 0 Å². The van der Waals surface area contributed by atoms with Crippen LogP contribution in [0.25, 0.3) is 6.08 Å². The van der Waals surface area contributed by atoms with Crippen LogP contribution >= 0.6 is 11.8 Å². The van der Waals surface area contributed by atoms with Crippen molar-refractivity contribution in [3.8, 4) is 11.5 Å². The van der Waals surface area contributed by atoms with E-state index in [4.69, 9.17) is 14.6 Å². The number of nitrogens with zero attached hydrogens (tertiary/aromatic N) is 1. The molecule has 1 heterocycles. The average molecular weight is 399 g/mol. The van der Waals surface area contributed by atoms with E-state index in [0.717, 1.165) is 16.7 Å². The first kappa shape index (κ1) is 19.5. The second kappa shape index (κ2) is 8.62. The Morgan fingerprint density at radius 1 is 1.14 bits per heavy atom. The lowest BCUT2D eigenvalue weighted by Crippen LogP contribution is -2.27. The number of imide groups is 1. The van der Waals surface area contributed by atoms with Gasteiger partial charge in [0.15, 0.2) is 0 Å². The lowest BCUT2D eigenvalue weighted by atomic mass is 10.2.